The van der Waals surface area contributed by atoms with E-state index in [9.17, 15) is 0 Å². The highest BCUT2D eigenvalue weighted by Crippen LogP contribution is 2.36. The van der Waals surface area contributed by atoms with Crippen molar-refractivity contribution in [2.75, 3.05) is 26.9 Å². The van der Waals surface area contributed by atoms with E-state index in [0.717, 1.165) is 5.56 Å². The molecular formula is C17H21ClN2O3. The predicted molar refractivity (Wildman–Crippen MR) is 90.6 cm³/mol. The van der Waals surface area contributed by atoms with E-state index >= 15 is 0 Å². The molecule has 0 aliphatic heterocycles. The molecule has 1 N–H and O–H groups in total. The van der Waals surface area contributed by atoms with Gasteiger partial charge >= 0.3 is 0 Å². The molecule has 0 bridgehead atoms. The molecule has 0 aliphatic rings. The third-order valence-electron chi connectivity index (χ3n) is 3.07. The largest absolute Gasteiger partial charge is 0.491 e. The lowest BCUT2D eigenvalue weighted by Gasteiger charge is -2.13. The van der Waals surface area contributed by atoms with E-state index in [1.807, 2.05) is 37.3 Å². The fraction of sp³-hybridized carbons (Fsp3) is 0.353. The summed E-state index contributed by atoms with van der Waals surface area (Å²) in [5.74, 6) is 1.85. The van der Waals surface area contributed by atoms with Crippen LogP contribution in [0.2, 0.25) is 5.02 Å². The standard InChI is InChI=1S/C17H21ClN2O3/c1-3-22-15-11-13(10-14(18)17(15)21-2)12-19-8-9-23-16-6-4-5-7-20-16/h4-7,10-11,19H,3,8-9,12H2,1-2H3. The van der Waals surface area contributed by atoms with Gasteiger partial charge in [-0.25, -0.2) is 4.98 Å². The minimum Gasteiger partial charge on any atom is -0.491 e. The van der Waals surface area contributed by atoms with E-state index < -0.39 is 0 Å². The average Bonchev–Trinajstić information content (AvgIpc) is 2.56. The van der Waals surface area contributed by atoms with Crippen LogP contribution in [-0.4, -0.2) is 31.9 Å². The number of aromatic nitrogens is 1. The molecular weight excluding hydrogens is 316 g/mol. The zero-order chi connectivity index (χ0) is 16.5. The summed E-state index contributed by atoms with van der Waals surface area (Å²) in [6.07, 6.45) is 1.71. The topological polar surface area (TPSA) is 52.6 Å². The first-order valence-corrected chi connectivity index (χ1v) is 7.86. The Kier molecular flexibility index (Phi) is 6.97. The maximum Gasteiger partial charge on any atom is 0.213 e. The Morgan fingerprint density at radius 1 is 1.22 bits per heavy atom. The van der Waals surface area contributed by atoms with Gasteiger partial charge in [0.2, 0.25) is 5.88 Å². The number of rotatable bonds is 9. The van der Waals surface area contributed by atoms with Crippen LogP contribution in [0, 0.1) is 0 Å². The maximum atomic E-state index is 6.22. The van der Waals surface area contributed by atoms with Crippen molar-refractivity contribution in [3.63, 3.8) is 0 Å². The monoisotopic (exact) mass is 336 g/mol. The molecule has 1 aromatic heterocycles. The Hall–Kier alpha value is -1.98. The van der Waals surface area contributed by atoms with E-state index in [1.54, 1.807) is 13.3 Å². The first-order chi connectivity index (χ1) is 11.2. The van der Waals surface area contributed by atoms with Gasteiger partial charge in [0.25, 0.3) is 0 Å². The van der Waals surface area contributed by atoms with Gasteiger partial charge in [0.1, 0.15) is 6.61 Å². The van der Waals surface area contributed by atoms with Gasteiger partial charge in [-0.1, -0.05) is 17.7 Å². The number of halogens is 1. The van der Waals surface area contributed by atoms with Gasteiger partial charge in [0.15, 0.2) is 11.5 Å². The number of methoxy groups -OCH3 is 1. The third-order valence-corrected chi connectivity index (χ3v) is 3.35. The van der Waals surface area contributed by atoms with Crippen LogP contribution in [0.1, 0.15) is 12.5 Å². The summed E-state index contributed by atoms with van der Waals surface area (Å²) < 4.78 is 16.4. The third kappa shape index (κ3) is 5.30. The molecule has 0 saturated carbocycles. The van der Waals surface area contributed by atoms with Crippen molar-refractivity contribution in [2.45, 2.75) is 13.5 Å². The van der Waals surface area contributed by atoms with Crippen LogP contribution in [-0.2, 0) is 6.54 Å². The predicted octanol–water partition coefficient (Wildman–Crippen LogP) is 3.31. The molecule has 1 heterocycles. The molecule has 0 aliphatic carbocycles. The zero-order valence-electron chi connectivity index (χ0n) is 13.3. The molecule has 23 heavy (non-hydrogen) atoms. The van der Waals surface area contributed by atoms with E-state index in [-0.39, 0.29) is 0 Å². The summed E-state index contributed by atoms with van der Waals surface area (Å²) in [4.78, 5) is 4.10. The van der Waals surface area contributed by atoms with Crippen LogP contribution in [0.25, 0.3) is 0 Å². The summed E-state index contributed by atoms with van der Waals surface area (Å²) in [6, 6.07) is 9.38. The van der Waals surface area contributed by atoms with Gasteiger partial charge in [-0.2, -0.15) is 0 Å². The van der Waals surface area contributed by atoms with Gasteiger partial charge in [0.05, 0.1) is 18.7 Å². The van der Waals surface area contributed by atoms with E-state index in [1.165, 1.54) is 0 Å². The van der Waals surface area contributed by atoms with Crippen molar-refractivity contribution in [3.8, 4) is 17.4 Å². The zero-order valence-corrected chi connectivity index (χ0v) is 14.1. The van der Waals surface area contributed by atoms with Crippen molar-refractivity contribution < 1.29 is 14.2 Å². The molecule has 0 spiro atoms. The Morgan fingerprint density at radius 3 is 2.78 bits per heavy atom. The van der Waals surface area contributed by atoms with Crippen LogP contribution < -0.4 is 19.5 Å². The fourth-order valence-electron chi connectivity index (χ4n) is 2.08. The van der Waals surface area contributed by atoms with E-state index in [2.05, 4.69) is 10.3 Å². The van der Waals surface area contributed by atoms with Crippen LogP contribution in [0.5, 0.6) is 17.4 Å². The first-order valence-electron chi connectivity index (χ1n) is 7.48. The normalized spacial score (nSPS) is 10.4. The quantitative estimate of drug-likeness (QED) is 0.712. The minimum absolute atomic E-state index is 0.541. The Morgan fingerprint density at radius 2 is 2.09 bits per heavy atom. The number of benzene rings is 1. The molecule has 0 saturated heterocycles. The highest BCUT2D eigenvalue weighted by atomic mass is 35.5. The Labute approximate surface area is 141 Å². The summed E-state index contributed by atoms with van der Waals surface area (Å²) >= 11 is 6.22. The second-order valence-corrected chi connectivity index (χ2v) is 5.14. The lowest BCUT2D eigenvalue weighted by atomic mass is 10.2. The summed E-state index contributed by atoms with van der Waals surface area (Å²) in [5, 5.41) is 3.84. The van der Waals surface area contributed by atoms with E-state index in [4.69, 9.17) is 25.8 Å². The number of pyridine rings is 1. The Bertz CT molecular complexity index is 608. The summed E-state index contributed by atoms with van der Waals surface area (Å²) in [7, 11) is 1.58. The average molecular weight is 337 g/mol. The molecule has 6 heteroatoms. The summed E-state index contributed by atoms with van der Waals surface area (Å²) in [6.45, 7) is 4.38. The molecule has 0 atom stereocenters. The second-order valence-electron chi connectivity index (χ2n) is 4.74. The highest BCUT2D eigenvalue weighted by molar-refractivity contribution is 6.32. The van der Waals surface area contributed by atoms with Crippen LogP contribution in [0.3, 0.4) is 0 Å². The Balaban J connectivity index is 1.83. The molecule has 0 unspecified atom stereocenters. The van der Waals surface area contributed by atoms with Gasteiger partial charge in [0, 0.05) is 25.4 Å². The molecule has 0 amide bonds. The molecule has 124 valence electrons. The van der Waals surface area contributed by atoms with Gasteiger partial charge in [-0.05, 0) is 30.7 Å². The van der Waals surface area contributed by atoms with Crippen LogP contribution in [0.15, 0.2) is 36.5 Å². The van der Waals surface area contributed by atoms with Crippen LogP contribution in [0.4, 0.5) is 0 Å². The number of ether oxygens (including phenoxy) is 3. The molecule has 5 nitrogen and oxygen atoms in total. The van der Waals surface area contributed by atoms with Crippen molar-refractivity contribution in [1.82, 2.24) is 10.3 Å². The van der Waals surface area contributed by atoms with E-state index in [0.29, 0.717) is 48.7 Å². The smallest absolute Gasteiger partial charge is 0.213 e. The van der Waals surface area contributed by atoms with Crippen LogP contribution >= 0.6 is 11.6 Å². The molecule has 2 aromatic rings. The van der Waals surface area contributed by atoms with Crippen molar-refractivity contribution >= 4 is 11.6 Å². The number of nitrogens with one attached hydrogen (secondary N) is 1. The molecule has 0 fully saturated rings. The number of hydrogen-bond acceptors (Lipinski definition) is 5. The number of nitrogens with zero attached hydrogens (tertiary/aromatic N) is 1. The lowest BCUT2D eigenvalue weighted by Crippen LogP contribution is -2.20. The molecule has 1 aromatic carbocycles. The van der Waals surface area contributed by atoms with Crippen molar-refractivity contribution in [2.24, 2.45) is 0 Å². The maximum absolute atomic E-state index is 6.22. The highest BCUT2D eigenvalue weighted by Gasteiger charge is 2.11. The second kappa shape index (κ2) is 9.22. The van der Waals surface area contributed by atoms with Crippen molar-refractivity contribution in [1.29, 1.82) is 0 Å². The van der Waals surface area contributed by atoms with Gasteiger partial charge in [-0.3, -0.25) is 0 Å². The minimum atomic E-state index is 0.541. The first kappa shape index (κ1) is 17.4. The van der Waals surface area contributed by atoms with Gasteiger partial charge < -0.3 is 19.5 Å². The number of hydrogen-bond donors (Lipinski definition) is 1. The summed E-state index contributed by atoms with van der Waals surface area (Å²) in [5.41, 5.74) is 1.03. The SMILES string of the molecule is CCOc1cc(CNCCOc2ccccn2)cc(Cl)c1OC. The van der Waals surface area contributed by atoms with Gasteiger partial charge in [-0.15, -0.1) is 0 Å². The molecule has 2 rings (SSSR count). The lowest BCUT2D eigenvalue weighted by molar-refractivity contribution is 0.301. The fourth-order valence-corrected chi connectivity index (χ4v) is 2.39. The van der Waals surface area contributed by atoms with Crippen molar-refractivity contribution in [3.05, 3.63) is 47.1 Å². The molecule has 0 radical (unpaired) electrons.